The van der Waals surface area contributed by atoms with Gasteiger partial charge in [-0.1, -0.05) is 54.6 Å². The Hall–Kier alpha value is -3.80. The van der Waals surface area contributed by atoms with Crippen LogP contribution in [0, 0.1) is 0 Å². The van der Waals surface area contributed by atoms with Gasteiger partial charge in [-0.05, 0) is 41.8 Å². The summed E-state index contributed by atoms with van der Waals surface area (Å²) in [5.41, 5.74) is 9.93. The van der Waals surface area contributed by atoms with E-state index in [9.17, 15) is 9.59 Å². The minimum Gasteiger partial charge on any atom is -0.365 e. The number of amides is 3. The second kappa shape index (κ2) is 9.34. The molecule has 1 aliphatic rings. The fourth-order valence-electron chi connectivity index (χ4n) is 3.97. The zero-order valence-corrected chi connectivity index (χ0v) is 17.3. The highest BCUT2D eigenvalue weighted by molar-refractivity contribution is 5.98. The molecule has 6 heteroatoms. The molecular formula is C25H26N4O2. The van der Waals surface area contributed by atoms with Crippen LogP contribution in [-0.2, 0) is 17.8 Å². The van der Waals surface area contributed by atoms with Gasteiger partial charge in [0.2, 0.25) is 5.91 Å². The molecule has 31 heavy (non-hydrogen) atoms. The van der Waals surface area contributed by atoms with E-state index in [2.05, 4.69) is 40.5 Å². The van der Waals surface area contributed by atoms with E-state index in [-0.39, 0.29) is 5.91 Å². The van der Waals surface area contributed by atoms with Gasteiger partial charge < -0.3 is 20.9 Å². The number of para-hydroxylation sites is 2. The number of hydrogen-bond acceptors (Lipinski definition) is 3. The van der Waals surface area contributed by atoms with Gasteiger partial charge in [-0.15, -0.1) is 0 Å². The van der Waals surface area contributed by atoms with Crippen LogP contribution >= 0.6 is 0 Å². The molecule has 3 amide bonds. The Morgan fingerprint density at radius 2 is 1.48 bits per heavy atom. The van der Waals surface area contributed by atoms with Crippen molar-refractivity contribution in [2.24, 2.45) is 5.73 Å². The third-order valence-corrected chi connectivity index (χ3v) is 5.42. The lowest BCUT2D eigenvalue weighted by Gasteiger charge is -2.27. The van der Waals surface area contributed by atoms with E-state index in [1.54, 1.807) is 12.1 Å². The number of anilines is 3. The molecule has 0 fully saturated rings. The summed E-state index contributed by atoms with van der Waals surface area (Å²) in [6, 6.07) is 25.1. The maximum absolute atomic E-state index is 13.2. The van der Waals surface area contributed by atoms with Crippen molar-refractivity contribution in [1.82, 2.24) is 0 Å². The van der Waals surface area contributed by atoms with E-state index in [4.69, 9.17) is 5.73 Å². The molecule has 6 nitrogen and oxygen atoms in total. The average molecular weight is 415 g/mol. The second-order valence-electron chi connectivity index (χ2n) is 7.66. The molecule has 0 atom stereocenters. The molecule has 0 aliphatic carbocycles. The van der Waals surface area contributed by atoms with Crippen LogP contribution in [0.5, 0.6) is 0 Å². The van der Waals surface area contributed by atoms with Gasteiger partial charge in [0, 0.05) is 25.3 Å². The van der Waals surface area contributed by atoms with Gasteiger partial charge in [-0.2, -0.15) is 0 Å². The molecule has 0 saturated heterocycles. The minimum absolute atomic E-state index is 0.0598. The van der Waals surface area contributed by atoms with E-state index in [1.807, 2.05) is 41.3 Å². The van der Waals surface area contributed by atoms with Crippen LogP contribution in [0.4, 0.5) is 21.9 Å². The van der Waals surface area contributed by atoms with Crippen molar-refractivity contribution in [2.75, 3.05) is 28.2 Å². The van der Waals surface area contributed by atoms with E-state index < -0.39 is 6.03 Å². The largest absolute Gasteiger partial charge is 0.365 e. The summed E-state index contributed by atoms with van der Waals surface area (Å²) in [6.07, 6.45) is 1.19. The number of urea groups is 1. The average Bonchev–Trinajstić information content (AvgIpc) is 2.95. The van der Waals surface area contributed by atoms with E-state index in [0.29, 0.717) is 18.7 Å². The highest BCUT2D eigenvalue weighted by atomic mass is 16.2. The summed E-state index contributed by atoms with van der Waals surface area (Å²) in [5, 5.41) is 2.53. The van der Waals surface area contributed by atoms with Crippen LogP contribution in [0.3, 0.4) is 0 Å². The molecule has 1 heterocycles. The highest BCUT2D eigenvalue weighted by Gasteiger charge is 2.24. The predicted molar refractivity (Wildman–Crippen MR) is 124 cm³/mol. The first-order chi connectivity index (χ1) is 15.1. The van der Waals surface area contributed by atoms with Crippen LogP contribution in [0.2, 0.25) is 0 Å². The van der Waals surface area contributed by atoms with Gasteiger partial charge in [-0.3, -0.25) is 4.79 Å². The van der Waals surface area contributed by atoms with E-state index >= 15 is 0 Å². The normalized spacial score (nSPS) is 13.3. The molecule has 0 spiro atoms. The van der Waals surface area contributed by atoms with Crippen molar-refractivity contribution < 1.29 is 9.59 Å². The number of nitrogens with one attached hydrogen (secondary N) is 1. The molecule has 1 aliphatic heterocycles. The maximum atomic E-state index is 13.2. The van der Waals surface area contributed by atoms with Crippen LogP contribution in [-0.4, -0.2) is 25.0 Å². The van der Waals surface area contributed by atoms with Gasteiger partial charge in [0.25, 0.3) is 0 Å². The van der Waals surface area contributed by atoms with Gasteiger partial charge >= 0.3 is 6.03 Å². The summed E-state index contributed by atoms with van der Waals surface area (Å²) in [6.45, 7) is 2.39. The summed E-state index contributed by atoms with van der Waals surface area (Å²) < 4.78 is 0. The topological polar surface area (TPSA) is 78.7 Å². The van der Waals surface area contributed by atoms with Crippen LogP contribution in [0.15, 0.2) is 78.9 Å². The van der Waals surface area contributed by atoms with Gasteiger partial charge in [0.1, 0.15) is 0 Å². The summed E-state index contributed by atoms with van der Waals surface area (Å²) in [5.74, 6) is 0.0598. The number of primary amides is 1. The fourth-order valence-corrected chi connectivity index (χ4v) is 3.97. The third kappa shape index (κ3) is 5.04. The molecule has 4 rings (SSSR count). The molecule has 3 N–H and O–H groups in total. The summed E-state index contributed by atoms with van der Waals surface area (Å²) in [4.78, 5) is 28.5. The van der Waals surface area contributed by atoms with Gasteiger partial charge in [0.15, 0.2) is 0 Å². The van der Waals surface area contributed by atoms with Crippen LogP contribution in [0.1, 0.15) is 17.5 Å². The Labute approximate surface area is 182 Å². The van der Waals surface area contributed by atoms with Crippen molar-refractivity contribution in [3.8, 4) is 0 Å². The fraction of sp³-hybridized carbons (Fsp3) is 0.200. The van der Waals surface area contributed by atoms with Crippen molar-refractivity contribution >= 4 is 29.0 Å². The Morgan fingerprint density at radius 1 is 0.806 bits per heavy atom. The first-order valence-electron chi connectivity index (χ1n) is 10.4. The third-order valence-electron chi connectivity index (χ3n) is 5.42. The molecule has 3 aromatic carbocycles. The molecule has 3 aromatic rings. The zero-order chi connectivity index (χ0) is 21.6. The Kier molecular flexibility index (Phi) is 6.17. The molecule has 0 aromatic heterocycles. The van der Waals surface area contributed by atoms with Crippen molar-refractivity contribution in [3.05, 3.63) is 90.0 Å². The zero-order valence-electron chi connectivity index (χ0n) is 17.3. The van der Waals surface area contributed by atoms with Gasteiger partial charge in [0.05, 0.1) is 17.8 Å². The summed E-state index contributed by atoms with van der Waals surface area (Å²) in [7, 11) is 0. The number of nitrogens with zero attached hydrogens (tertiary/aromatic N) is 2. The quantitative estimate of drug-likeness (QED) is 0.658. The minimum atomic E-state index is -0.606. The smallest absolute Gasteiger partial charge is 0.316 e. The lowest BCUT2D eigenvalue weighted by molar-refractivity contribution is -0.118. The molecular weight excluding hydrogens is 388 g/mol. The monoisotopic (exact) mass is 414 g/mol. The summed E-state index contributed by atoms with van der Waals surface area (Å²) >= 11 is 0. The first-order valence-corrected chi connectivity index (χ1v) is 10.4. The van der Waals surface area contributed by atoms with Crippen molar-refractivity contribution in [1.29, 1.82) is 0 Å². The number of carbonyl (C=O) groups excluding carboxylic acids is 2. The molecule has 0 unspecified atom stereocenters. The SMILES string of the molecule is NC(=O)Nc1ccc(CC(=O)N2CCCN(Cc3ccccc3)c3ccccc32)cc1. The predicted octanol–water partition coefficient (Wildman–Crippen LogP) is 4.16. The van der Waals surface area contributed by atoms with Crippen LogP contribution < -0.4 is 20.9 Å². The lowest BCUT2D eigenvalue weighted by atomic mass is 10.1. The Balaban J connectivity index is 1.52. The van der Waals surface area contributed by atoms with Crippen molar-refractivity contribution in [3.63, 3.8) is 0 Å². The molecule has 0 bridgehead atoms. The Bertz CT molecular complexity index is 1050. The number of fused-ring (bicyclic) bond motifs is 1. The number of nitrogens with two attached hydrogens (primary N) is 1. The van der Waals surface area contributed by atoms with E-state index in [1.165, 1.54) is 5.56 Å². The number of hydrogen-bond donors (Lipinski definition) is 2. The number of rotatable bonds is 5. The first kappa shape index (κ1) is 20.5. The van der Waals surface area contributed by atoms with Crippen LogP contribution in [0.25, 0.3) is 0 Å². The van der Waals surface area contributed by atoms with Gasteiger partial charge in [-0.25, -0.2) is 4.79 Å². The second-order valence-corrected chi connectivity index (χ2v) is 7.66. The number of carbonyl (C=O) groups is 2. The standard InChI is InChI=1S/C25H26N4O2/c26-25(31)27-21-13-11-19(12-14-21)17-24(30)29-16-6-15-28(18-20-7-2-1-3-8-20)22-9-4-5-10-23(22)29/h1-5,7-14H,6,15-18H2,(H3,26,27,31). The Morgan fingerprint density at radius 3 is 2.19 bits per heavy atom. The molecule has 158 valence electrons. The van der Waals surface area contributed by atoms with E-state index in [0.717, 1.165) is 36.4 Å². The highest BCUT2D eigenvalue weighted by Crippen LogP contribution is 2.33. The maximum Gasteiger partial charge on any atom is 0.316 e. The van der Waals surface area contributed by atoms with Crippen molar-refractivity contribution in [2.45, 2.75) is 19.4 Å². The molecule has 0 saturated carbocycles. The lowest BCUT2D eigenvalue weighted by Crippen LogP contribution is -2.32. The number of benzene rings is 3. The molecule has 0 radical (unpaired) electrons.